The number of nitrogens with zero attached hydrogens (tertiary/aromatic N) is 6. The topological polar surface area (TPSA) is 179 Å². The predicted octanol–water partition coefficient (Wildman–Crippen LogP) is 5.24. The number of aromatic nitrogens is 2. The maximum Gasteiger partial charge on any atom is 0.324 e. The number of likely N-dealkylation sites (tertiary alicyclic amines) is 2. The van der Waals surface area contributed by atoms with E-state index in [1.165, 1.54) is 17.0 Å². The standard InChI is InChI=1S/C55H68N8O8/c1-9-62-47-18-16-36-29-42(47)43(50(62)41-14-10-21-56-46(41)32-70-8)30-55(4,5)33-71-54(69)44-15-12-23-63(58-44)53(68)45(27-35-25-38(36)28-40(64)26-35)57-51(66)49(34(2)3)60(7)52(67)37-20-24-61(31-37)48(65)19-17-39-13-11-22-59(39)6/h10,14,16,18,21,25-26,28-29,37,39,44-45,49,58,64H,2,9,11-13,15,20,22-24,27,30-33H2,1,3-8H3,(H,57,66)/t37-,39+,44-,45-,49-/m0/s1. The van der Waals surface area contributed by atoms with Gasteiger partial charge in [0, 0.05) is 74.8 Å². The van der Waals surface area contributed by atoms with Crippen LogP contribution in [-0.4, -0.2) is 142 Å². The van der Waals surface area contributed by atoms with Crippen LogP contribution in [0, 0.1) is 23.2 Å². The largest absolute Gasteiger partial charge is 0.508 e. The van der Waals surface area contributed by atoms with E-state index in [-0.39, 0.29) is 49.7 Å². The molecule has 6 bridgehead atoms. The molecule has 6 heterocycles. The Hall–Kier alpha value is -6.54. The molecule has 3 fully saturated rings. The molecule has 0 unspecified atom stereocenters. The lowest BCUT2D eigenvalue weighted by Crippen LogP contribution is -2.62. The van der Waals surface area contributed by atoms with Crippen LogP contribution in [0.3, 0.4) is 0 Å². The van der Waals surface area contributed by atoms with Crippen molar-refractivity contribution in [1.82, 2.24) is 40.0 Å². The minimum atomic E-state index is -1.21. The van der Waals surface area contributed by atoms with Gasteiger partial charge in [-0.1, -0.05) is 38.5 Å². The number of amides is 4. The zero-order chi connectivity index (χ0) is 50.7. The minimum absolute atomic E-state index is 0.0257. The molecule has 4 aromatic rings. The first-order valence-corrected chi connectivity index (χ1v) is 24.9. The number of ether oxygens (including phenoxy) is 2. The Morgan fingerprint density at radius 1 is 1.07 bits per heavy atom. The van der Waals surface area contributed by atoms with Gasteiger partial charge in [-0.3, -0.25) is 38.9 Å². The number of carbonyl (C=O) groups excluding carboxylic acids is 5. The Labute approximate surface area is 416 Å². The number of nitrogens with one attached hydrogen (secondary N) is 2. The van der Waals surface area contributed by atoms with Gasteiger partial charge < -0.3 is 34.3 Å². The molecule has 4 amide bonds. The molecular formula is C55H68N8O8. The fraction of sp³-hybridized carbons (Fsp3) is 0.491. The third kappa shape index (κ3) is 11.0. The van der Waals surface area contributed by atoms with Crippen molar-refractivity contribution in [2.45, 2.75) is 110 Å². The van der Waals surface area contributed by atoms with Crippen molar-refractivity contribution in [1.29, 1.82) is 0 Å². The van der Waals surface area contributed by atoms with Crippen LogP contribution in [0.2, 0.25) is 0 Å². The SMILES string of the molecule is C=C(C)[C@@H](C(=O)N[C@H]1Cc2cc(O)cc(c2)-c2ccc3c(c2)c(c(-c2cccnc2COC)n3CC)CC(C)(C)COC(=O)[C@@H]2CCCN(N2)C1=O)N(C)C(=O)[C@H]1CCN(C(=O)C#C[C@H]2CCCN2C)C1. The summed E-state index contributed by atoms with van der Waals surface area (Å²) in [5.41, 5.74) is 9.82. The van der Waals surface area contributed by atoms with E-state index in [9.17, 15) is 29.1 Å². The number of aryl methyl sites for hydroxylation is 1. The zero-order valence-electron chi connectivity index (χ0n) is 42.2. The maximum absolute atomic E-state index is 14.8. The highest BCUT2D eigenvalue weighted by atomic mass is 16.5. The van der Waals surface area contributed by atoms with E-state index in [2.05, 4.69) is 77.6 Å². The second-order valence-corrected chi connectivity index (χ2v) is 20.5. The lowest BCUT2D eigenvalue weighted by atomic mass is 9.84. The Kier molecular flexibility index (Phi) is 15.4. The summed E-state index contributed by atoms with van der Waals surface area (Å²) >= 11 is 0. The van der Waals surface area contributed by atoms with Gasteiger partial charge in [-0.25, -0.2) is 5.43 Å². The Morgan fingerprint density at radius 3 is 2.59 bits per heavy atom. The average Bonchev–Trinajstić information content (AvgIpc) is 4.09. The number of aromatic hydroxyl groups is 1. The first-order chi connectivity index (χ1) is 34.0. The number of methoxy groups -OCH3 is 1. The van der Waals surface area contributed by atoms with E-state index in [4.69, 9.17) is 14.5 Å². The van der Waals surface area contributed by atoms with Crippen molar-refractivity contribution < 1.29 is 38.6 Å². The molecule has 0 spiro atoms. The molecule has 2 aromatic carbocycles. The number of pyridine rings is 1. The summed E-state index contributed by atoms with van der Waals surface area (Å²) in [7, 11) is 5.18. The molecule has 16 nitrogen and oxygen atoms in total. The van der Waals surface area contributed by atoms with Crippen LogP contribution < -0.4 is 10.7 Å². The normalized spacial score (nSPS) is 22.0. The quantitative estimate of drug-likeness (QED) is 0.114. The van der Waals surface area contributed by atoms with Crippen molar-refractivity contribution >= 4 is 40.5 Å². The number of phenols is 1. The van der Waals surface area contributed by atoms with Crippen LogP contribution in [0.5, 0.6) is 5.75 Å². The Bertz CT molecular complexity index is 2790. The van der Waals surface area contributed by atoms with E-state index in [0.29, 0.717) is 62.1 Å². The van der Waals surface area contributed by atoms with Gasteiger partial charge in [-0.2, -0.15) is 0 Å². The molecule has 4 aliphatic rings. The number of carbonyl (C=O) groups is 5. The molecule has 2 aromatic heterocycles. The summed E-state index contributed by atoms with van der Waals surface area (Å²) in [6.07, 6.45) is 5.53. The summed E-state index contributed by atoms with van der Waals surface area (Å²) < 4.78 is 14.0. The number of hydrazine groups is 1. The molecular weight excluding hydrogens is 901 g/mol. The lowest BCUT2D eigenvalue weighted by molar-refractivity contribution is -0.155. The summed E-state index contributed by atoms with van der Waals surface area (Å²) in [6, 6.07) is 12.2. The van der Waals surface area contributed by atoms with Crippen LogP contribution in [-0.2, 0) is 59.4 Å². The van der Waals surface area contributed by atoms with Crippen LogP contribution in [0.15, 0.2) is 66.9 Å². The summed E-state index contributed by atoms with van der Waals surface area (Å²) in [4.78, 5) is 80.4. The molecule has 3 N–H and O–H groups in total. The Balaban J connectivity index is 1.13. The third-order valence-electron chi connectivity index (χ3n) is 14.4. The van der Waals surface area contributed by atoms with Crippen molar-refractivity contribution in [3.05, 3.63) is 83.7 Å². The van der Waals surface area contributed by atoms with Gasteiger partial charge in [-0.05, 0) is 136 Å². The first kappa shape index (κ1) is 50.8. The Morgan fingerprint density at radius 2 is 1.86 bits per heavy atom. The van der Waals surface area contributed by atoms with Gasteiger partial charge in [0.25, 0.3) is 11.8 Å². The zero-order valence-corrected chi connectivity index (χ0v) is 42.2. The number of hydrogen-bond acceptors (Lipinski definition) is 11. The van der Waals surface area contributed by atoms with E-state index < -0.39 is 47.2 Å². The van der Waals surface area contributed by atoms with Crippen LogP contribution in [0.1, 0.15) is 76.6 Å². The van der Waals surface area contributed by atoms with Gasteiger partial charge >= 0.3 is 5.97 Å². The fourth-order valence-corrected chi connectivity index (χ4v) is 10.8. The van der Waals surface area contributed by atoms with Crippen molar-refractivity contribution in [3.8, 4) is 40.0 Å². The van der Waals surface area contributed by atoms with E-state index in [0.717, 1.165) is 58.4 Å². The van der Waals surface area contributed by atoms with Gasteiger partial charge in [0.2, 0.25) is 11.8 Å². The molecule has 3 saturated heterocycles. The van der Waals surface area contributed by atoms with Gasteiger partial charge in [0.05, 0.1) is 36.6 Å². The number of likely N-dealkylation sites (N-methyl/N-ethyl adjacent to an activating group) is 1. The first-order valence-electron chi connectivity index (χ1n) is 24.9. The smallest absolute Gasteiger partial charge is 0.324 e. The summed E-state index contributed by atoms with van der Waals surface area (Å²) in [5.74, 6) is 3.01. The highest BCUT2D eigenvalue weighted by Crippen LogP contribution is 2.41. The van der Waals surface area contributed by atoms with Gasteiger partial charge in [-0.15, -0.1) is 0 Å². The third-order valence-corrected chi connectivity index (χ3v) is 14.4. The molecule has 376 valence electrons. The number of cyclic esters (lactones) is 1. The van der Waals surface area contributed by atoms with Gasteiger partial charge in [0.1, 0.15) is 23.9 Å². The highest BCUT2D eigenvalue weighted by molar-refractivity contribution is 5.97. The summed E-state index contributed by atoms with van der Waals surface area (Å²) in [6.45, 7) is 14.8. The molecule has 4 aliphatic heterocycles. The lowest BCUT2D eigenvalue weighted by Gasteiger charge is -2.36. The molecule has 0 radical (unpaired) electrons. The van der Waals surface area contributed by atoms with Crippen molar-refractivity contribution in [2.24, 2.45) is 11.3 Å². The maximum atomic E-state index is 14.8. The molecule has 71 heavy (non-hydrogen) atoms. The monoisotopic (exact) mass is 969 g/mol. The van der Waals surface area contributed by atoms with Crippen molar-refractivity contribution in [2.75, 3.05) is 54.0 Å². The predicted molar refractivity (Wildman–Crippen MR) is 270 cm³/mol. The summed E-state index contributed by atoms with van der Waals surface area (Å²) in [5, 5.41) is 16.7. The number of fused-ring (bicyclic) bond motifs is 6. The number of benzene rings is 2. The number of esters is 1. The average molecular weight is 969 g/mol. The van der Waals surface area contributed by atoms with E-state index in [1.807, 2.05) is 25.2 Å². The highest BCUT2D eigenvalue weighted by Gasteiger charge is 2.40. The molecule has 8 rings (SSSR count). The van der Waals surface area contributed by atoms with Crippen LogP contribution >= 0.6 is 0 Å². The van der Waals surface area contributed by atoms with Crippen molar-refractivity contribution in [3.63, 3.8) is 0 Å². The minimum Gasteiger partial charge on any atom is -0.508 e. The molecule has 5 atom stereocenters. The molecule has 16 heteroatoms. The molecule has 0 aliphatic carbocycles. The number of rotatable bonds is 9. The second-order valence-electron chi connectivity index (χ2n) is 20.5. The molecule has 0 saturated carbocycles. The van der Waals surface area contributed by atoms with Crippen LogP contribution in [0.25, 0.3) is 33.3 Å². The fourth-order valence-electron chi connectivity index (χ4n) is 10.8. The van der Waals surface area contributed by atoms with E-state index in [1.54, 1.807) is 37.3 Å². The number of phenolic OH excluding ortho intramolecular Hbond substituents is 1. The second kappa shape index (κ2) is 21.4. The number of hydrogen-bond donors (Lipinski definition) is 3. The van der Waals surface area contributed by atoms with E-state index >= 15 is 0 Å². The van der Waals surface area contributed by atoms with Crippen LogP contribution in [0.4, 0.5) is 0 Å². The van der Waals surface area contributed by atoms with Gasteiger partial charge in [0.15, 0.2) is 0 Å².